The summed E-state index contributed by atoms with van der Waals surface area (Å²) in [6, 6.07) is 13.7. The second-order valence-corrected chi connectivity index (χ2v) is 5.94. The van der Waals surface area contributed by atoms with Crippen molar-refractivity contribution in [3.63, 3.8) is 0 Å². The Morgan fingerprint density at radius 1 is 1.16 bits per heavy atom. The van der Waals surface area contributed by atoms with Crippen LogP contribution < -0.4 is 4.90 Å². The summed E-state index contributed by atoms with van der Waals surface area (Å²) < 4.78 is 10.1. The third-order valence-electron chi connectivity index (χ3n) is 4.25. The Morgan fingerprint density at radius 2 is 1.88 bits per heavy atom. The molecular formula is C20H22N2O3. The van der Waals surface area contributed by atoms with Crippen molar-refractivity contribution in [1.29, 1.82) is 0 Å². The Hall–Kier alpha value is -2.66. The molecule has 0 aliphatic carbocycles. The van der Waals surface area contributed by atoms with E-state index in [-0.39, 0.29) is 5.97 Å². The van der Waals surface area contributed by atoms with Gasteiger partial charge in [-0.15, -0.1) is 0 Å². The van der Waals surface area contributed by atoms with Gasteiger partial charge in [-0.05, 0) is 42.3 Å². The third-order valence-corrected chi connectivity index (χ3v) is 4.25. The average molecular weight is 338 g/mol. The number of anilines is 1. The lowest BCUT2D eigenvalue weighted by molar-refractivity contribution is 0.0601. The number of esters is 1. The number of morpholine rings is 1. The van der Waals surface area contributed by atoms with Crippen LogP contribution in [0.4, 0.5) is 11.4 Å². The quantitative estimate of drug-likeness (QED) is 0.633. The van der Waals surface area contributed by atoms with Crippen LogP contribution in [0.5, 0.6) is 0 Å². The molecule has 1 saturated heterocycles. The summed E-state index contributed by atoms with van der Waals surface area (Å²) in [6.45, 7) is 5.37. The van der Waals surface area contributed by atoms with Gasteiger partial charge in [-0.1, -0.05) is 18.2 Å². The molecule has 0 N–H and O–H groups in total. The molecule has 2 aromatic rings. The van der Waals surface area contributed by atoms with E-state index in [0.717, 1.165) is 43.1 Å². The van der Waals surface area contributed by atoms with Gasteiger partial charge in [-0.3, -0.25) is 4.99 Å². The van der Waals surface area contributed by atoms with Gasteiger partial charge in [0.1, 0.15) is 0 Å². The molecule has 0 unspecified atom stereocenters. The summed E-state index contributed by atoms with van der Waals surface area (Å²) in [5, 5.41) is 0. The largest absolute Gasteiger partial charge is 0.465 e. The standard InChI is InChI=1S/C20H22N2O3/c1-15-3-6-17(20(23)24-2)13-19(15)21-14-16-4-7-18(8-5-16)22-9-11-25-12-10-22/h3-8,13-14H,9-12H2,1-2H3. The van der Waals surface area contributed by atoms with Crippen LogP contribution in [-0.2, 0) is 9.47 Å². The highest BCUT2D eigenvalue weighted by atomic mass is 16.5. The number of hydrogen-bond donors (Lipinski definition) is 0. The fraction of sp³-hybridized carbons (Fsp3) is 0.300. The molecule has 0 amide bonds. The zero-order valence-corrected chi connectivity index (χ0v) is 14.6. The van der Waals surface area contributed by atoms with Crippen LogP contribution in [0.15, 0.2) is 47.5 Å². The summed E-state index contributed by atoms with van der Waals surface area (Å²) in [6.07, 6.45) is 1.81. The average Bonchev–Trinajstić information content (AvgIpc) is 2.68. The van der Waals surface area contributed by atoms with Gasteiger partial charge in [0.05, 0.1) is 31.6 Å². The summed E-state index contributed by atoms with van der Waals surface area (Å²) in [5.74, 6) is -0.355. The van der Waals surface area contributed by atoms with E-state index in [9.17, 15) is 4.79 Å². The molecule has 25 heavy (non-hydrogen) atoms. The molecule has 0 saturated carbocycles. The molecule has 0 bridgehead atoms. The summed E-state index contributed by atoms with van der Waals surface area (Å²) in [4.78, 5) is 18.5. The summed E-state index contributed by atoms with van der Waals surface area (Å²) in [7, 11) is 1.38. The number of aliphatic imine (C=N–C) groups is 1. The van der Waals surface area contributed by atoms with E-state index in [1.807, 2.05) is 31.3 Å². The molecule has 5 heteroatoms. The molecule has 5 nitrogen and oxygen atoms in total. The van der Waals surface area contributed by atoms with Crippen molar-refractivity contribution < 1.29 is 14.3 Å². The van der Waals surface area contributed by atoms with Crippen LogP contribution >= 0.6 is 0 Å². The lowest BCUT2D eigenvalue weighted by Gasteiger charge is -2.28. The topological polar surface area (TPSA) is 51.1 Å². The molecule has 3 rings (SSSR count). The molecule has 1 fully saturated rings. The zero-order valence-electron chi connectivity index (χ0n) is 14.6. The van der Waals surface area contributed by atoms with Crippen molar-refractivity contribution in [3.05, 3.63) is 59.2 Å². The number of carbonyl (C=O) groups excluding carboxylic acids is 1. The molecule has 2 aromatic carbocycles. The number of hydrogen-bond acceptors (Lipinski definition) is 5. The SMILES string of the molecule is COC(=O)c1ccc(C)c(N=Cc2ccc(N3CCOCC3)cc2)c1. The number of benzene rings is 2. The highest BCUT2D eigenvalue weighted by Crippen LogP contribution is 2.21. The van der Waals surface area contributed by atoms with Gasteiger partial charge in [0.2, 0.25) is 0 Å². The van der Waals surface area contributed by atoms with Gasteiger partial charge >= 0.3 is 5.97 Å². The third kappa shape index (κ3) is 4.25. The van der Waals surface area contributed by atoms with Crippen LogP contribution in [0.3, 0.4) is 0 Å². The van der Waals surface area contributed by atoms with E-state index in [2.05, 4.69) is 22.0 Å². The number of aryl methyl sites for hydroxylation is 1. The monoisotopic (exact) mass is 338 g/mol. The fourth-order valence-electron chi connectivity index (χ4n) is 2.73. The molecule has 0 atom stereocenters. The van der Waals surface area contributed by atoms with Crippen LogP contribution in [0.25, 0.3) is 0 Å². The lowest BCUT2D eigenvalue weighted by atomic mass is 10.1. The van der Waals surface area contributed by atoms with E-state index in [1.165, 1.54) is 12.8 Å². The van der Waals surface area contributed by atoms with Crippen LogP contribution in [0, 0.1) is 6.92 Å². The Morgan fingerprint density at radius 3 is 2.56 bits per heavy atom. The minimum absolute atomic E-state index is 0.355. The van der Waals surface area contributed by atoms with E-state index in [4.69, 9.17) is 9.47 Å². The Bertz CT molecular complexity index is 763. The Labute approximate surface area is 147 Å². The fourth-order valence-corrected chi connectivity index (χ4v) is 2.73. The Balaban J connectivity index is 1.74. The minimum atomic E-state index is -0.355. The molecule has 1 aliphatic heterocycles. The van der Waals surface area contributed by atoms with Crippen molar-refractivity contribution in [3.8, 4) is 0 Å². The van der Waals surface area contributed by atoms with E-state index >= 15 is 0 Å². The smallest absolute Gasteiger partial charge is 0.337 e. The van der Waals surface area contributed by atoms with Crippen LogP contribution in [0.2, 0.25) is 0 Å². The van der Waals surface area contributed by atoms with Gasteiger partial charge in [0.25, 0.3) is 0 Å². The van der Waals surface area contributed by atoms with Crippen molar-refractivity contribution >= 4 is 23.6 Å². The van der Waals surface area contributed by atoms with Gasteiger partial charge in [-0.2, -0.15) is 0 Å². The molecule has 0 aromatic heterocycles. The van der Waals surface area contributed by atoms with Crippen molar-refractivity contribution in [2.45, 2.75) is 6.92 Å². The van der Waals surface area contributed by atoms with Gasteiger partial charge < -0.3 is 14.4 Å². The molecular weight excluding hydrogens is 316 g/mol. The second-order valence-electron chi connectivity index (χ2n) is 5.94. The first-order valence-corrected chi connectivity index (χ1v) is 8.33. The van der Waals surface area contributed by atoms with Crippen LogP contribution in [-0.4, -0.2) is 45.6 Å². The number of methoxy groups -OCH3 is 1. The number of ether oxygens (including phenoxy) is 2. The van der Waals surface area contributed by atoms with E-state index in [0.29, 0.717) is 5.56 Å². The van der Waals surface area contributed by atoms with Crippen molar-refractivity contribution in [1.82, 2.24) is 0 Å². The highest BCUT2D eigenvalue weighted by molar-refractivity contribution is 5.91. The number of nitrogens with zero attached hydrogens (tertiary/aromatic N) is 2. The molecule has 0 radical (unpaired) electrons. The zero-order chi connectivity index (χ0) is 17.6. The lowest BCUT2D eigenvalue weighted by Crippen LogP contribution is -2.36. The van der Waals surface area contributed by atoms with Gasteiger partial charge in [0, 0.05) is 25.0 Å². The van der Waals surface area contributed by atoms with Crippen molar-refractivity contribution in [2.24, 2.45) is 4.99 Å². The van der Waals surface area contributed by atoms with E-state index < -0.39 is 0 Å². The Kier molecular flexibility index (Phi) is 5.46. The molecule has 130 valence electrons. The summed E-state index contributed by atoms with van der Waals surface area (Å²) >= 11 is 0. The van der Waals surface area contributed by atoms with Crippen molar-refractivity contribution in [2.75, 3.05) is 38.3 Å². The molecule has 1 aliphatic rings. The minimum Gasteiger partial charge on any atom is -0.465 e. The summed E-state index contributed by atoms with van der Waals surface area (Å²) in [5.41, 5.74) is 4.49. The highest BCUT2D eigenvalue weighted by Gasteiger charge is 2.10. The predicted molar refractivity (Wildman–Crippen MR) is 99.2 cm³/mol. The predicted octanol–water partition coefficient (Wildman–Crippen LogP) is 3.37. The number of carbonyl (C=O) groups is 1. The first kappa shape index (κ1) is 17.2. The molecule has 0 spiro atoms. The molecule has 1 heterocycles. The van der Waals surface area contributed by atoms with Gasteiger partial charge in [-0.25, -0.2) is 4.79 Å². The first-order chi connectivity index (χ1) is 12.2. The van der Waals surface area contributed by atoms with Gasteiger partial charge in [0.15, 0.2) is 0 Å². The maximum absolute atomic E-state index is 11.7. The normalized spacial score (nSPS) is 14.7. The maximum atomic E-state index is 11.7. The van der Waals surface area contributed by atoms with Crippen LogP contribution in [0.1, 0.15) is 21.5 Å². The second kappa shape index (κ2) is 7.94. The number of rotatable bonds is 4. The first-order valence-electron chi connectivity index (χ1n) is 8.33. The van der Waals surface area contributed by atoms with E-state index in [1.54, 1.807) is 12.1 Å². The maximum Gasteiger partial charge on any atom is 0.337 e.